The fourth-order valence-electron chi connectivity index (χ4n) is 2.90. The van der Waals surface area contributed by atoms with Crippen LogP contribution in [0.3, 0.4) is 0 Å². The normalized spacial score (nSPS) is 10.5. The van der Waals surface area contributed by atoms with Crippen molar-refractivity contribution in [1.29, 1.82) is 0 Å². The van der Waals surface area contributed by atoms with Crippen molar-refractivity contribution in [3.63, 3.8) is 0 Å². The summed E-state index contributed by atoms with van der Waals surface area (Å²) in [5.41, 5.74) is 2.22. The SMILES string of the molecule is COc1cc(NC(=O)Nc2cccc(Cl)c2)cc2sc(NC(=O)c3ccccc3)nc12. The maximum absolute atomic E-state index is 12.4. The van der Waals surface area contributed by atoms with Crippen molar-refractivity contribution in [2.75, 3.05) is 23.1 Å². The Morgan fingerprint density at radius 3 is 2.45 bits per heavy atom. The Kier molecular flexibility index (Phi) is 6.01. The minimum atomic E-state index is -0.425. The Hall–Kier alpha value is -3.62. The number of methoxy groups -OCH3 is 1. The first-order chi connectivity index (χ1) is 15.0. The summed E-state index contributed by atoms with van der Waals surface area (Å²) in [6, 6.07) is 18.8. The second-order valence-electron chi connectivity index (χ2n) is 6.45. The molecule has 4 rings (SSSR count). The van der Waals surface area contributed by atoms with Gasteiger partial charge in [-0.05, 0) is 36.4 Å². The van der Waals surface area contributed by atoms with Crippen LogP contribution in [-0.4, -0.2) is 24.0 Å². The van der Waals surface area contributed by atoms with Gasteiger partial charge in [0.05, 0.1) is 11.8 Å². The summed E-state index contributed by atoms with van der Waals surface area (Å²) in [6.45, 7) is 0. The number of halogens is 1. The Labute approximate surface area is 187 Å². The summed E-state index contributed by atoms with van der Waals surface area (Å²) in [7, 11) is 1.52. The zero-order valence-electron chi connectivity index (χ0n) is 16.3. The number of carbonyl (C=O) groups is 2. The number of nitrogens with zero attached hydrogens (tertiary/aromatic N) is 1. The minimum Gasteiger partial charge on any atom is -0.494 e. The van der Waals surface area contributed by atoms with Gasteiger partial charge >= 0.3 is 6.03 Å². The first-order valence-electron chi connectivity index (χ1n) is 9.20. The number of amides is 3. The lowest BCUT2D eigenvalue weighted by atomic mass is 10.2. The summed E-state index contributed by atoms with van der Waals surface area (Å²) in [5, 5.41) is 9.25. The topological polar surface area (TPSA) is 92.4 Å². The number of nitrogens with one attached hydrogen (secondary N) is 3. The highest BCUT2D eigenvalue weighted by atomic mass is 35.5. The summed E-state index contributed by atoms with van der Waals surface area (Å²) in [4.78, 5) is 29.2. The average molecular weight is 453 g/mol. The summed E-state index contributed by atoms with van der Waals surface area (Å²) in [6.07, 6.45) is 0. The number of benzene rings is 3. The zero-order chi connectivity index (χ0) is 21.8. The molecular formula is C22H17ClN4O3S. The first kappa shape index (κ1) is 20.6. The molecule has 0 saturated carbocycles. The molecule has 156 valence electrons. The maximum Gasteiger partial charge on any atom is 0.323 e. The highest BCUT2D eigenvalue weighted by Crippen LogP contribution is 2.35. The van der Waals surface area contributed by atoms with E-state index in [1.807, 2.05) is 6.07 Å². The van der Waals surface area contributed by atoms with Gasteiger partial charge in [0, 0.05) is 28.0 Å². The molecule has 3 amide bonds. The number of ether oxygens (including phenoxy) is 1. The van der Waals surface area contributed by atoms with Crippen molar-refractivity contribution in [3.8, 4) is 5.75 Å². The molecule has 1 heterocycles. The van der Waals surface area contributed by atoms with Gasteiger partial charge in [-0.1, -0.05) is 47.2 Å². The molecule has 3 N–H and O–H groups in total. The molecule has 0 unspecified atom stereocenters. The van der Waals surface area contributed by atoms with Gasteiger partial charge in [0.25, 0.3) is 5.91 Å². The predicted molar refractivity (Wildman–Crippen MR) is 125 cm³/mol. The Morgan fingerprint density at radius 1 is 0.935 bits per heavy atom. The number of urea groups is 1. The first-order valence-corrected chi connectivity index (χ1v) is 10.4. The Morgan fingerprint density at radius 2 is 1.71 bits per heavy atom. The van der Waals surface area contributed by atoms with Crippen LogP contribution in [0.25, 0.3) is 10.2 Å². The third kappa shape index (κ3) is 4.93. The van der Waals surface area contributed by atoms with E-state index < -0.39 is 6.03 Å². The second kappa shape index (κ2) is 9.03. The van der Waals surface area contributed by atoms with E-state index in [1.54, 1.807) is 60.7 Å². The van der Waals surface area contributed by atoms with Crippen molar-refractivity contribution in [3.05, 3.63) is 77.3 Å². The van der Waals surface area contributed by atoms with E-state index in [9.17, 15) is 9.59 Å². The number of hydrogen-bond donors (Lipinski definition) is 3. The van der Waals surface area contributed by atoms with Crippen LogP contribution in [0.2, 0.25) is 5.02 Å². The lowest BCUT2D eigenvalue weighted by Gasteiger charge is -2.09. The van der Waals surface area contributed by atoms with Crippen molar-refractivity contribution >= 4 is 61.6 Å². The predicted octanol–water partition coefficient (Wildman–Crippen LogP) is 5.85. The van der Waals surface area contributed by atoms with E-state index in [1.165, 1.54) is 18.4 Å². The summed E-state index contributed by atoms with van der Waals surface area (Å²) in [5.74, 6) is 0.227. The lowest BCUT2D eigenvalue weighted by Crippen LogP contribution is -2.19. The molecule has 9 heteroatoms. The van der Waals surface area contributed by atoms with E-state index in [0.717, 1.165) is 4.70 Å². The van der Waals surface area contributed by atoms with Crippen LogP contribution in [0.5, 0.6) is 5.75 Å². The number of anilines is 3. The third-order valence-electron chi connectivity index (χ3n) is 4.28. The molecule has 7 nitrogen and oxygen atoms in total. The van der Waals surface area contributed by atoms with Gasteiger partial charge in [0.15, 0.2) is 5.13 Å². The number of hydrogen-bond acceptors (Lipinski definition) is 5. The van der Waals surface area contributed by atoms with Gasteiger partial charge in [0.2, 0.25) is 0 Å². The number of thiazole rings is 1. The third-order valence-corrected chi connectivity index (χ3v) is 5.43. The fourth-order valence-corrected chi connectivity index (χ4v) is 4.01. The molecular weight excluding hydrogens is 436 g/mol. The molecule has 4 aromatic rings. The molecule has 31 heavy (non-hydrogen) atoms. The molecule has 0 radical (unpaired) electrons. The van der Waals surface area contributed by atoms with Crippen LogP contribution >= 0.6 is 22.9 Å². The minimum absolute atomic E-state index is 0.252. The number of fused-ring (bicyclic) bond motifs is 1. The summed E-state index contributed by atoms with van der Waals surface area (Å²) >= 11 is 7.23. The Bertz CT molecular complexity index is 1260. The van der Waals surface area contributed by atoms with E-state index in [4.69, 9.17) is 16.3 Å². The van der Waals surface area contributed by atoms with Crippen molar-refractivity contribution < 1.29 is 14.3 Å². The standard InChI is InChI=1S/C22H17ClN4O3S/c1-30-17-11-16(25-21(29)24-15-9-5-8-14(23)10-15)12-18-19(17)26-22(31-18)27-20(28)13-6-3-2-4-7-13/h2-12H,1H3,(H2,24,25,29)(H,26,27,28). The van der Waals surface area contributed by atoms with Gasteiger partial charge in [-0.15, -0.1) is 0 Å². The van der Waals surface area contributed by atoms with Crippen LogP contribution in [0.15, 0.2) is 66.7 Å². The molecule has 0 atom stereocenters. The number of carbonyl (C=O) groups excluding carboxylic acids is 2. The van der Waals surface area contributed by atoms with E-state index in [0.29, 0.717) is 38.4 Å². The highest BCUT2D eigenvalue weighted by molar-refractivity contribution is 7.22. The van der Waals surface area contributed by atoms with E-state index >= 15 is 0 Å². The second-order valence-corrected chi connectivity index (χ2v) is 7.92. The van der Waals surface area contributed by atoms with Gasteiger partial charge in [0.1, 0.15) is 11.3 Å². The number of rotatable bonds is 5. The van der Waals surface area contributed by atoms with Gasteiger partial charge in [-0.2, -0.15) is 0 Å². The van der Waals surface area contributed by atoms with Crippen molar-refractivity contribution in [2.45, 2.75) is 0 Å². The van der Waals surface area contributed by atoms with Crippen LogP contribution in [0.1, 0.15) is 10.4 Å². The Balaban J connectivity index is 1.54. The smallest absolute Gasteiger partial charge is 0.323 e. The van der Waals surface area contributed by atoms with E-state index in [-0.39, 0.29) is 5.91 Å². The fraction of sp³-hybridized carbons (Fsp3) is 0.0455. The molecule has 0 spiro atoms. The largest absolute Gasteiger partial charge is 0.494 e. The van der Waals surface area contributed by atoms with Crippen LogP contribution in [0, 0.1) is 0 Å². The van der Waals surface area contributed by atoms with Crippen molar-refractivity contribution in [2.24, 2.45) is 0 Å². The molecule has 0 bridgehead atoms. The summed E-state index contributed by atoms with van der Waals surface area (Å²) < 4.78 is 6.18. The molecule has 0 saturated heterocycles. The lowest BCUT2D eigenvalue weighted by molar-refractivity contribution is 0.102. The maximum atomic E-state index is 12.4. The van der Waals surface area contributed by atoms with Crippen molar-refractivity contribution in [1.82, 2.24) is 4.98 Å². The highest BCUT2D eigenvalue weighted by Gasteiger charge is 2.15. The molecule has 0 aliphatic rings. The zero-order valence-corrected chi connectivity index (χ0v) is 17.9. The molecule has 0 aliphatic carbocycles. The van der Waals surface area contributed by atoms with Gasteiger partial charge in [-0.3, -0.25) is 10.1 Å². The van der Waals surface area contributed by atoms with Crippen LogP contribution < -0.4 is 20.7 Å². The van der Waals surface area contributed by atoms with Gasteiger partial charge < -0.3 is 15.4 Å². The molecule has 3 aromatic carbocycles. The van der Waals surface area contributed by atoms with Crippen LogP contribution in [-0.2, 0) is 0 Å². The van der Waals surface area contributed by atoms with Crippen LogP contribution in [0.4, 0.5) is 21.3 Å². The monoisotopic (exact) mass is 452 g/mol. The molecule has 0 fully saturated rings. The molecule has 1 aromatic heterocycles. The average Bonchev–Trinajstić information content (AvgIpc) is 3.16. The molecule has 0 aliphatic heterocycles. The van der Waals surface area contributed by atoms with E-state index in [2.05, 4.69) is 20.9 Å². The van der Waals surface area contributed by atoms with Gasteiger partial charge in [-0.25, -0.2) is 9.78 Å². The number of aromatic nitrogens is 1. The quantitative estimate of drug-likeness (QED) is 0.354.